The molecule has 118 valence electrons. The van der Waals surface area contributed by atoms with Crippen molar-refractivity contribution in [2.45, 2.75) is 0 Å². The Labute approximate surface area is 134 Å². The van der Waals surface area contributed by atoms with E-state index < -0.39 is 5.97 Å². The van der Waals surface area contributed by atoms with E-state index in [2.05, 4.69) is 20.5 Å². The van der Waals surface area contributed by atoms with Crippen LogP contribution in [0.2, 0.25) is 0 Å². The molecule has 0 aliphatic rings. The molecular weight excluding hydrogens is 322 g/mol. The van der Waals surface area contributed by atoms with Crippen LogP contribution in [-0.4, -0.2) is 23.9 Å². The van der Waals surface area contributed by atoms with Gasteiger partial charge in [0.25, 0.3) is 0 Å². The molecule has 0 aromatic carbocycles. The van der Waals surface area contributed by atoms with Crippen LogP contribution in [0.3, 0.4) is 0 Å². The highest BCUT2D eigenvalue weighted by atomic mass is 32.1. The summed E-state index contributed by atoms with van der Waals surface area (Å²) >= 11 is 1.28. The minimum atomic E-state index is -1.42. The Morgan fingerprint density at radius 2 is 2.30 bits per heavy atom. The highest BCUT2D eigenvalue weighted by molar-refractivity contribution is 7.14. The number of carbonyl (C=O) groups excluding carboxylic acids is 1. The summed E-state index contributed by atoms with van der Waals surface area (Å²) in [6.07, 6.45) is 1.53. The maximum Gasteiger partial charge on any atom is 0.204 e. The van der Waals surface area contributed by atoms with E-state index in [1.807, 2.05) is 0 Å². The van der Waals surface area contributed by atoms with Crippen molar-refractivity contribution >= 4 is 33.8 Å². The van der Waals surface area contributed by atoms with Crippen molar-refractivity contribution in [1.82, 2.24) is 5.16 Å². The fourth-order valence-electron chi connectivity index (χ4n) is 1.82. The van der Waals surface area contributed by atoms with Gasteiger partial charge in [0.1, 0.15) is 12.8 Å². The monoisotopic (exact) mass is 332 g/mol. The van der Waals surface area contributed by atoms with Crippen molar-refractivity contribution < 1.29 is 23.7 Å². The Morgan fingerprint density at radius 1 is 1.43 bits per heavy atom. The summed E-state index contributed by atoms with van der Waals surface area (Å²) in [6, 6.07) is 6.76. The van der Waals surface area contributed by atoms with Gasteiger partial charge in [-0.3, -0.25) is 0 Å². The van der Waals surface area contributed by atoms with Crippen LogP contribution >= 0.6 is 11.3 Å². The highest BCUT2D eigenvalue weighted by Crippen LogP contribution is 2.28. The Hall–Kier alpha value is -3.07. The van der Waals surface area contributed by atoms with Crippen LogP contribution in [0.25, 0.3) is 11.5 Å². The molecule has 0 aliphatic carbocycles. The predicted octanol–water partition coefficient (Wildman–Crippen LogP) is 1.84. The molecular formula is C14H10N3O5S-. The van der Waals surface area contributed by atoms with E-state index in [-0.39, 0.29) is 5.71 Å². The van der Waals surface area contributed by atoms with Crippen LogP contribution in [-0.2, 0) is 9.63 Å². The molecule has 0 atom stereocenters. The smallest absolute Gasteiger partial charge is 0.204 e. The van der Waals surface area contributed by atoms with Gasteiger partial charge in [-0.25, -0.2) is 0 Å². The van der Waals surface area contributed by atoms with Gasteiger partial charge < -0.3 is 29.0 Å². The lowest BCUT2D eigenvalue weighted by Crippen LogP contribution is -2.32. The number of anilines is 2. The largest absolute Gasteiger partial charge is 0.543 e. The van der Waals surface area contributed by atoms with Crippen LogP contribution in [0.4, 0.5) is 10.8 Å². The molecule has 3 rings (SSSR count). The summed E-state index contributed by atoms with van der Waals surface area (Å²) in [5.41, 5.74) is 0.0855. The molecule has 1 N–H and O–H groups in total. The number of thiophene rings is 1. The molecule has 3 aromatic rings. The quantitative estimate of drug-likeness (QED) is 0.541. The lowest BCUT2D eigenvalue weighted by Gasteiger charge is -2.03. The Balaban J connectivity index is 1.77. The first-order valence-corrected chi connectivity index (χ1v) is 7.24. The van der Waals surface area contributed by atoms with Gasteiger partial charge >= 0.3 is 0 Å². The molecule has 3 heterocycles. The fourth-order valence-corrected chi connectivity index (χ4v) is 2.61. The van der Waals surface area contributed by atoms with Gasteiger partial charge in [0.2, 0.25) is 5.76 Å². The minimum absolute atomic E-state index is 0.284. The highest BCUT2D eigenvalue weighted by Gasteiger charge is 2.12. The van der Waals surface area contributed by atoms with Crippen LogP contribution in [0.15, 0.2) is 50.0 Å². The second kappa shape index (κ2) is 6.36. The molecule has 0 radical (unpaired) electrons. The maximum absolute atomic E-state index is 11.0. The summed E-state index contributed by atoms with van der Waals surface area (Å²) < 4.78 is 10.4. The van der Waals surface area contributed by atoms with E-state index in [1.54, 1.807) is 29.6 Å². The number of carboxylic acids is 1. The summed E-state index contributed by atoms with van der Waals surface area (Å²) in [7, 11) is 1.26. The summed E-state index contributed by atoms with van der Waals surface area (Å²) in [5.74, 6) is 0.0794. The van der Waals surface area contributed by atoms with Crippen molar-refractivity contribution in [1.29, 1.82) is 0 Å². The molecule has 23 heavy (non-hydrogen) atoms. The second-order valence-electron chi connectivity index (χ2n) is 4.29. The van der Waals surface area contributed by atoms with Gasteiger partial charge in [0.05, 0.1) is 17.2 Å². The Bertz CT molecular complexity index is 834. The van der Waals surface area contributed by atoms with Crippen molar-refractivity contribution in [2.75, 3.05) is 12.4 Å². The minimum Gasteiger partial charge on any atom is -0.543 e. The zero-order valence-electron chi connectivity index (χ0n) is 11.8. The van der Waals surface area contributed by atoms with Gasteiger partial charge in [-0.1, -0.05) is 10.3 Å². The molecule has 0 spiro atoms. The zero-order valence-corrected chi connectivity index (χ0v) is 12.6. The topological polar surface area (TPSA) is 113 Å². The molecule has 0 saturated carbocycles. The number of oxime groups is 1. The SMILES string of the molecule is CO/N=C(/C(=O)[O-])c1csc(Nc2cc(-c3ccco3)on2)c1. The van der Waals surface area contributed by atoms with Crippen LogP contribution in [0.5, 0.6) is 0 Å². The lowest BCUT2D eigenvalue weighted by atomic mass is 10.2. The molecule has 3 aromatic heterocycles. The van der Waals surface area contributed by atoms with Gasteiger partial charge in [0, 0.05) is 17.0 Å². The number of rotatable bonds is 6. The third-order valence-corrected chi connectivity index (χ3v) is 3.62. The fraction of sp³-hybridized carbons (Fsp3) is 0.0714. The number of nitrogens with one attached hydrogen (secondary N) is 1. The number of carboxylic acid groups (broad SMARTS) is 1. The van der Waals surface area contributed by atoms with E-state index in [0.717, 1.165) is 0 Å². The first-order valence-electron chi connectivity index (χ1n) is 6.36. The van der Waals surface area contributed by atoms with Crippen LogP contribution < -0.4 is 10.4 Å². The summed E-state index contributed by atoms with van der Waals surface area (Å²) in [5, 5.41) is 23.6. The molecule has 0 unspecified atom stereocenters. The van der Waals surface area contributed by atoms with Crippen molar-refractivity contribution in [3.05, 3.63) is 41.5 Å². The van der Waals surface area contributed by atoms with Crippen molar-refractivity contribution in [2.24, 2.45) is 5.16 Å². The standard InChI is InChI=1S/C14H11N3O5S/c1-20-17-13(14(18)19)8-5-12(23-7-8)15-11-6-10(22-16-11)9-3-2-4-21-9/h2-7H,1H3,(H,15,16)(H,18,19)/p-1/b17-13+. The third-order valence-electron chi connectivity index (χ3n) is 2.77. The van der Waals surface area contributed by atoms with Crippen LogP contribution in [0.1, 0.15) is 5.56 Å². The molecule has 0 aliphatic heterocycles. The van der Waals surface area contributed by atoms with Crippen molar-refractivity contribution in [3.8, 4) is 11.5 Å². The first-order chi connectivity index (χ1) is 11.2. The van der Waals surface area contributed by atoms with Crippen LogP contribution in [0, 0.1) is 0 Å². The summed E-state index contributed by atoms with van der Waals surface area (Å²) in [4.78, 5) is 15.5. The second-order valence-corrected chi connectivity index (χ2v) is 5.20. The number of nitrogens with zero attached hydrogens (tertiary/aromatic N) is 2. The molecule has 9 heteroatoms. The average molecular weight is 332 g/mol. The molecule has 0 amide bonds. The van der Waals surface area contributed by atoms with Gasteiger partial charge in [-0.05, 0) is 18.2 Å². The Morgan fingerprint density at radius 3 is 3.00 bits per heavy atom. The molecule has 8 nitrogen and oxygen atoms in total. The molecule has 0 bridgehead atoms. The number of furan rings is 1. The average Bonchev–Trinajstić information content (AvgIpc) is 3.26. The van der Waals surface area contributed by atoms with Gasteiger partial charge in [0.15, 0.2) is 11.6 Å². The number of hydrogen-bond donors (Lipinski definition) is 1. The maximum atomic E-state index is 11.0. The van der Waals surface area contributed by atoms with E-state index >= 15 is 0 Å². The van der Waals surface area contributed by atoms with E-state index in [1.165, 1.54) is 24.7 Å². The molecule has 0 saturated heterocycles. The predicted molar refractivity (Wildman–Crippen MR) is 80.4 cm³/mol. The van der Waals surface area contributed by atoms with E-state index in [0.29, 0.717) is 27.9 Å². The first kappa shape index (κ1) is 14.9. The van der Waals surface area contributed by atoms with Crippen molar-refractivity contribution in [3.63, 3.8) is 0 Å². The van der Waals surface area contributed by atoms with E-state index in [9.17, 15) is 9.90 Å². The third kappa shape index (κ3) is 3.24. The number of carbonyl (C=O) groups is 1. The van der Waals surface area contributed by atoms with E-state index in [4.69, 9.17) is 8.94 Å². The van der Waals surface area contributed by atoms with Gasteiger partial charge in [-0.15, -0.1) is 11.3 Å². The zero-order chi connectivity index (χ0) is 16.2. The van der Waals surface area contributed by atoms with Gasteiger partial charge in [-0.2, -0.15) is 0 Å². The Kier molecular flexibility index (Phi) is 4.11. The lowest BCUT2D eigenvalue weighted by molar-refractivity contribution is -0.294. The number of aliphatic carboxylic acids is 1. The normalized spacial score (nSPS) is 11.4. The number of hydrogen-bond acceptors (Lipinski definition) is 9. The summed E-state index contributed by atoms with van der Waals surface area (Å²) in [6.45, 7) is 0. The number of aromatic nitrogens is 1. The molecule has 0 fully saturated rings.